The lowest BCUT2D eigenvalue weighted by Gasteiger charge is -2.10. The molecule has 19 heavy (non-hydrogen) atoms. The van der Waals surface area contributed by atoms with Crippen LogP contribution in [-0.4, -0.2) is 5.11 Å². The van der Waals surface area contributed by atoms with Gasteiger partial charge in [0.05, 0.1) is 11.6 Å². The first-order valence-electron chi connectivity index (χ1n) is 5.17. The smallest absolute Gasteiger partial charge is 0.198 e. The third kappa shape index (κ3) is 2.40. The summed E-state index contributed by atoms with van der Waals surface area (Å²) in [5, 5.41) is 17.9. The van der Waals surface area contributed by atoms with E-state index in [0.717, 1.165) is 12.1 Å². The number of hydrogen-bond donors (Lipinski definition) is 2. The molecule has 0 aliphatic rings. The lowest BCUT2D eigenvalue weighted by Crippen LogP contribution is -1.97. The van der Waals surface area contributed by atoms with Crippen LogP contribution in [0.1, 0.15) is 5.56 Å². The molecule has 0 unspecified atom stereocenters. The van der Waals surface area contributed by atoms with Crippen molar-refractivity contribution >= 4 is 5.69 Å². The number of anilines is 1. The van der Waals surface area contributed by atoms with Crippen LogP contribution < -0.4 is 10.5 Å². The zero-order chi connectivity index (χ0) is 14.0. The zero-order valence-electron chi connectivity index (χ0n) is 9.52. The summed E-state index contributed by atoms with van der Waals surface area (Å²) in [6, 6.07) is 7.39. The highest BCUT2D eigenvalue weighted by Crippen LogP contribution is 2.35. The molecule has 4 nitrogen and oxygen atoms in total. The summed E-state index contributed by atoms with van der Waals surface area (Å²) in [6.07, 6.45) is 0. The monoisotopic (exact) mass is 262 g/mol. The molecule has 0 aromatic heterocycles. The summed E-state index contributed by atoms with van der Waals surface area (Å²) in [7, 11) is 0. The lowest BCUT2D eigenvalue weighted by atomic mass is 10.2. The quantitative estimate of drug-likeness (QED) is 0.644. The van der Waals surface area contributed by atoms with Gasteiger partial charge in [0.25, 0.3) is 0 Å². The van der Waals surface area contributed by atoms with Gasteiger partial charge in [0.1, 0.15) is 11.4 Å². The number of benzene rings is 2. The van der Waals surface area contributed by atoms with Gasteiger partial charge in [0.2, 0.25) is 0 Å². The Morgan fingerprint density at radius 1 is 1.21 bits per heavy atom. The third-order valence-electron chi connectivity index (χ3n) is 2.38. The molecule has 2 rings (SSSR count). The molecule has 0 radical (unpaired) electrons. The van der Waals surface area contributed by atoms with Gasteiger partial charge in [-0.3, -0.25) is 0 Å². The van der Waals surface area contributed by atoms with Crippen molar-refractivity contribution in [2.45, 2.75) is 0 Å². The average molecular weight is 262 g/mol. The molecule has 2 aromatic rings. The Labute approximate surface area is 107 Å². The summed E-state index contributed by atoms with van der Waals surface area (Å²) < 4.78 is 32.2. The van der Waals surface area contributed by atoms with Gasteiger partial charge in [-0.05, 0) is 24.3 Å². The molecule has 0 aliphatic carbocycles. The van der Waals surface area contributed by atoms with Crippen molar-refractivity contribution in [2.75, 3.05) is 5.73 Å². The summed E-state index contributed by atoms with van der Waals surface area (Å²) >= 11 is 0. The van der Waals surface area contributed by atoms with Gasteiger partial charge in [-0.25, -0.2) is 8.78 Å². The largest absolute Gasteiger partial charge is 0.506 e. The van der Waals surface area contributed by atoms with Gasteiger partial charge in [0.15, 0.2) is 23.1 Å². The highest BCUT2D eigenvalue weighted by atomic mass is 19.1. The van der Waals surface area contributed by atoms with Crippen molar-refractivity contribution in [3.8, 4) is 23.3 Å². The molecule has 0 saturated heterocycles. The number of nitriles is 1. The number of nitrogens with zero attached hydrogens (tertiary/aromatic N) is 1. The number of aromatic hydroxyl groups is 1. The number of para-hydroxylation sites is 1. The SMILES string of the molecule is N#Cc1cc(F)c(Oc2cccc(O)c2N)c(F)c1. The molecule has 96 valence electrons. The Morgan fingerprint density at radius 3 is 2.42 bits per heavy atom. The Kier molecular flexibility index (Phi) is 3.21. The van der Waals surface area contributed by atoms with Crippen LogP contribution in [0.5, 0.6) is 17.2 Å². The lowest BCUT2D eigenvalue weighted by molar-refractivity contribution is 0.405. The summed E-state index contributed by atoms with van der Waals surface area (Å²) in [4.78, 5) is 0. The van der Waals surface area contributed by atoms with E-state index >= 15 is 0 Å². The number of nitrogen functional groups attached to an aromatic ring is 1. The van der Waals surface area contributed by atoms with Crippen molar-refractivity contribution in [3.63, 3.8) is 0 Å². The second-order valence-corrected chi connectivity index (χ2v) is 3.67. The van der Waals surface area contributed by atoms with E-state index < -0.39 is 17.4 Å². The van der Waals surface area contributed by atoms with Crippen molar-refractivity contribution in [3.05, 3.63) is 47.5 Å². The fourth-order valence-corrected chi connectivity index (χ4v) is 1.45. The fraction of sp³-hybridized carbons (Fsp3) is 0. The van der Waals surface area contributed by atoms with Gasteiger partial charge in [-0.2, -0.15) is 5.26 Å². The van der Waals surface area contributed by atoms with E-state index in [1.54, 1.807) is 6.07 Å². The molecule has 2 aromatic carbocycles. The van der Waals surface area contributed by atoms with Crippen LogP contribution in [0.3, 0.4) is 0 Å². The second kappa shape index (κ2) is 4.82. The van der Waals surface area contributed by atoms with Crippen LogP contribution in [0.15, 0.2) is 30.3 Å². The number of phenols is 1. The summed E-state index contributed by atoms with van der Waals surface area (Å²) in [5.74, 6) is -3.08. The Bertz CT molecular complexity index is 658. The van der Waals surface area contributed by atoms with Crippen LogP contribution >= 0.6 is 0 Å². The molecule has 0 atom stereocenters. The molecule has 0 fully saturated rings. The molecule has 0 spiro atoms. The van der Waals surface area contributed by atoms with Crippen LogP contribution in [0.4, 0.5) is 14.5 Å². The van der Waals surface area contributed by atoms with Crippen molar-refractivity contribution < 1.29 is 18.6 Å². The summed E-state index contributed by atoms with van der Waals surface area (Å²) in [5.41, 5.74) is 5.22. The van der Waals surface area contributed by atoms with E-state index in [1.165, 1.54) is 18.2 Å². The van der Waals surface area contributed by atoms with Crippen molar-refractivity contribution in [2.24, 2.45) is 0 Å². The minimum Gasteiger partial charge on any atom is -0.506 e. The van der Waals surface area contributed by atoms with Crippen LogP contribution in [0, 0.1) is 23.0 Å². The number of hydrogen-bond acceptors (Lipinski definition) is 4. The van der Waals surface area contributed by atoms with Gasteiger partial charge >= 0.3 is 0 Å². The Balaban J connectivity index is 2.45. The second-order valence-electron chi connectivity index (χ2n) is 3.67. The average Bonchev–Trinajstić information content (AvgIpc) is 2.38. The molecule has 0 bridgehead atoms. The standard InChI is InChI=1S/C13H8F2N2O2/c14-8-4-7(6-16)5-9(15)13(8)19-11-3-1-2-10(18)12(11)17/h1-5,18H,17H2. The fourth-order valence-electron chi connectivity index (χ4n) is 1.45. The highest BCUT2D eigenvalue weighted by molar-refractivity contribution is 5.63. The molecular formula is C13H8F2N2O2. The Hall–Kier alpha value is -2.81. The molecule has 0 aliphatic heterocycles. The van der Waals surface area contributed by atoms with E-state index in [2.05, 4.69) is 0 Å². The number of ether oxygens (including phenoxy) is 1. The molecule has 0 saturated carbocycles. The van der Waals surface area contributed by atoms with Gasteiger partial charge in [0, 0.05) is 0 Å². The first kappa shape index (κ1) is 12.6. The predicted octanol–water partition coefficient (Wildman–Crippen LogP) is 2.92. The van der Waals surface area contributed by atoms with E-state index in [9.17, 15) is 13.9 Å². The van der Waals surface area contributed by atoms with Crippen LogP contribution in [0.2, 0.25) is 0 Å². The number of phenolic OH excluding ortho intramolecular Hbond substituents is 1. The zero-order valence-corrected chi connectivity index (χ0v) is 9.52. The number of halogens is 2. The molecule has 0 heterocycles. The van der Waals surface area contributed by atoms with E-state index in [1.807, 2.05) is 0 Å². The van der Waals surface area contributed by atoms with Crippen molar-refractivity contribution in [1.82, 2.24) is 0 Å². The number of rotatable bonds is 2. The normalized spacial score (nSPS) is 9.95. The minimum atomic E-state index is -1.03. The third-order valence-corrected chi connectivity index (χ3v) is 2.38. The number of nitrogens with two attached hydrogens (primary N) is 1. The minimum absolute atomic E-state index is 0.0810. The first-order chi connectivity index (χ1) is 9.02. The topological polar surface area (TPSA) is 79.3 Å². The molecule has 6 heteroatoms. The molecule has 3 N–H and O–H groups in total. The van der Waals surface area contributed by atoms with Gasteiger partial charge in [-0.15, -0.1) is 0 Å². The van der Waals surface area contributed by atoms with E-state index in [4.69, 9.17) is 15.7 Å². The molecular weight excluding hydrogens is 254 g/mol. The van der Waals surface area contributed by atoms with E-state index in [-0.39, 0.29) is 22.7 Å². The first-order valence-corrected chi connectivity index (χ1v) is 5.17. The maximum Gasteiger partial charge on any atom is 0.198 e. The maximum absolute atomic E-state index is 13.6. The van der Waals surface area contributed by atoms with Gasteiger partial charge in [-0.1, -0.05) is 6.07 Å². The van der Waals surface area contributed by atoms with Crippen LogP contribution in [0.25, 0.3) is 0 Å². The van der Waals surface area contributed by atoms with Gasteiger partial charge < -0.3 is 15.6 Å². The Morgan fingerprint density at radius 2 is 1.84 bits per heavy atom. The highest BCUT2D eigenvalue weighted by Gasteiger charge is 2.15. The van der Waals surface area contributed by atoms with Crippen LogP contribution in [-0.2, 0) is 0 Å². The molecule has 0 amide bonds. The van der Waals surface area contributed by atoms with Crippen molar-refractivity contribution in [1.29, 1.82) is 5.26 Å². The predicted molar refractivity (Wildman–Crippen MR) is 63.7 cm³/mol. The van der Waals surface area contributed by atoms with E-state index in [0.29, 0.717) is 0 Å². The maximum atomic E-state index is 13.6. The summed E-state index contributed by atoms with van der Waals surface area (Å²) in [6.45, 7) is 0.